The van der Waals surface area contributed by atoms with Gasteiger partial charge in [-0.3, -0.25) is 29.1 Å². The Labute approximate surface area is 148 Å². The van der Waals surface area contributed by atoms with E-state index >= 15 is 0 Å². The molecular weight excluding hydrogens is 336 g/mol. The van der Waals surface area contributed by atoms with Crippen LogP contribution in [0.2, 0.25) is 0 Å². The van der Waals surface area contributed by atoms with Gasteiger partial charge in [0.15, 0.2) is 0 Å². The summed E-state index contributed by atoms with van der Waals surface area (Å²) >= 11 is 0. The summed E-state index contributed by atoms with van der Waals surface area (Å²) in [7, 11) is 0. The van der Waals surface area contributed by atoms with Crippen LogP contribution in [0.5, 0.6) is 0 Å². The third-order valence-corrected chi connectivity index (χ3v) is 4.63. The lowest BCUT2D eigenvalue weighted by molar-refractivity contribution is 0.0873. The molecule has 0 saturated heterocycles. The Morgan fingerprint density at radius 3 is 2.46 bits per heavy atom. The fraction of sp³-hybridized carbons (Fsp3) is 0.222. The number of carbonyl (C=O) groups is 3. The molecule has 8 heteroatoms. The van der Waals surface area contributed by atoms with E-state index in [4.69, 9.17) is 5.73 Å². The highest BCUT2D eigenvalue weighted by atomic mass is 16.2. The Bertz CT molecular complexity index is 1080. The van der Waals surface area contributed by atoms with Crippen molar-refractivity contribution in [1.82, 2.24) is 15.2 Å². The molecule has 4 rings (SSSR count). The van der Waals surface area contributed by atoms with Gasteiger partial charge in [0.05, 0.1) is 16.8 Å². The van der Waals surface area contributed by atoms with Gasteiger partial charge in [-0.25, -0.2) is 0 Å². The number of nitrogen functional groups attached to an aromatic ring is 1. The normalized spacial score (nSPS) is 17.4. The lowest BCUT2D eigenvalue weighted by Gasteiger charge is -2.32. The fourth-order valence-electron chi connectivity index (χ4n) is 3.53. The second-order valence-electron chi connectivity index (χ2n) is 7.13. The Balaban J connectivity index is 1.92. The maximum absolute atomic E-state index is 12.5. The minimum absolute atomic E-state index is 0.00889. The fourth-order valence-corrected chi connectivity index (χ4v) is 3.53. The smallest absolute Gasteiger partial charge is 0.262 e. The van der Waals surface area contributed by atoms with Crippen LogP contribution in [0, 0.1) is 0 Å². The second-order valence-corrected chi connectivity index (χ2v) is 7.13. The number of hydrogen-bond acceptors (Lipinski definition) is 5. The summed E-state index contributed by atoms with van der Waals surface area (Å²) in [4.78, 5) is 48.5. The van der Waals surface area contributed by atoms with Crippen LogP contribution < -0.4 is 21.9 Å². The van der Waals surface area contributed by atoms with Crippen LogP contribution in [0.15, 0.2) is 29.1 Å². The maximum Gasteiger partial charge on any atom is 0.262 e. The van der Waals surface area contributed by atoms with Crippen LogP contribution in [-0.4, -0.2) is 27.8 Å². The van der Waals surface area contributed by atoms with Crippen LogP contribution in [0.3, 0.4) is 0 Å². The van der Waals surface area contributed by atoms with Gasteiger partial charge in [-0.05, 0) is 44.0 Å². The van der Waals surface area contributed by atoms with Crippen LogP contribution in [-0.2, 0) is 6.42 Å². The highest BCUT2D eigenvalue weighted by Gasteiger charge is 2.33. The van der Waals surface area contributed by atoms with Crippen molar-refractivity contribution in [3.63, 3.8) is 0 Å². The quantitative estimate of drug-likeness (QED) is 0.640. The number of fused-ring (bicyclic) bond motifs is 2. The molecule has 8 nitrogen and oxygen atoms in total. The molecule has 0 spiro atoms. The zero-order chi connectivity index (χ0) is 18.8. The van der Waals surface area contributed by atoms with E-state index in [9.17, 15) is 19.2 Å². The first kappa shape index (κ1) is 16.1. The second kappa shape index (κ2) is 5.04. The van der Waals surface area contributed by atoms with Crippen LogP contribution >= 0.6 is 0 Å². The molecule has 3 heterocycles. The van der Waals surface area contributed by atoms with E-state index in [0.29, 0.717) is 17.7 Å². The van der Waals surface area contributed by atoms with Crippen LogP contribution in [0.25, 0.3) is 5.69 Å². The molecule has 0 bridgehead atoms. The Morgan fingerprint density at radius 1 is 1.00 bits per heavy atom. The van der Waals surface area contributed by atoms with Gasteiger partial charge in [-0.2, -0.15) is 0 Å². The third kappa shape index (κ3) is 2.22. The lowest BCUT2D eigenvalue weighted by atomic mass is 9.87. The van der Waals surface area contributed by atoms with Crippen molar-refractivity contribution in [3.05, 3.63) is 56.9 Å². The van der Waals surface area contributed by atoms with Gasteiger partial charge in [0.25, 0.3) is 23.3 Å². The molecule has 1 aromatic carbocycles. The molecule has 2 aromatic rings. The van der Waals surface area contributed by atoms with Gasteiger partial charge < -0.3 is 11.1 Å². The predicted molar refractivity (Wildman–Crippen MR) is 93.5 cm³/mol. The molecule has 0 radical (unpaired) electrons. The van der Waals surface area contributed by atoms with Crippen molar-refractivity contribution in [2.75, 3.05) is 5.73 Å². The van der Waals surface area contributed by atoms with E-state index in [0.717, 1.165) is 11.6 Å². The lowest BCUT2D eigenvalue weighted by Crippen LogP contribution is -2.49. The van der Waals surface area contributed by atoms with Crippen molar-refractivity contribution < 1.29 is 14.4 Å². The van der Waals surface area contributed by atoms with E-state index in [1.165, 1.54) is 4.57 Å². The minimum Gasteiger partial charge on any atom is -0.384 e. The summed E-state index contributed by atoms with van der Waals surface area (Å²) in [5.74, 6) is -1.54. The zero-order valence-corrected chi connectivity index (χ0v) is 14.2. The molecule has 0 atom stereocenters. The molecule has 3 amide bonds. The molecule has 132 valence electrons. The Morgan fingerprint density at radius 2 is 1.73 bits per heavy atom. The molecule has 26 heavy (non-hydrogen) atoms. The first-order valence-electron chi connectivity index (χ1n) is 8.05. The first-order valence-corrected chi connectivity index (χ1v) is 8.05. The number of imide groups is 1. The van der Waals surface area contributed by atoms with E-state index in [-0.39, 0.29) is 22.9 Å². The van der Waals surface area contributed by atoms with E-state index in [1.54, 1.807) is 18.2 Å². The number of hydrogen-bond donors (Lipinski definition) is 3. The highest BCUT2D eigenvalue weighted by molar-refractivity contribution is 6.23. The van der Waals surface area contributed by atoms with Gasteiger partial charge in [0.2, 0.25) is 0 Å². The number of benzene rings is 1. The van der Waals surface area contributed by atoms with Crippen molar-refractivity contribution in [3.8, 4) is 5.69 Å². The van der Waals surface area contributed by atoms with Gasteiger partial charge >= 0.3 is 0 Å². The predicted octanol–water partition coefficient (Wildman–Crippen LogP) is 0.368. The summed E-state index contributed by atoms with van der Waals surface area (Å²) in [6.45, 7) is 3.82. The number of pyridine rings is 1. The minimum atomic E-state index is -0.634. The van der Waals surface area contributed by atoms with Gasteiger partial charge in [-0.1, -0.05) is 0 Å². The molecular formula is C18H16N4O4. The number of carbonyl (C=O) groups excluding carboxylic acids is 3. The van der Waals surface area contributed by atoms with Crippen molar-refractivity contribution >= 4 is 23.5 Å². The van der Waals surface area contributed by atoms with E-state index in [1.807, 2.05) is 13.8 Å². The van der Waals surface area contributed by atoms with Gasteiger partial charge in [0.1, 0.15) is 5.82 Å². The van der Waals surface area contributed by atoms with Crippen LogP contribution in [0.1, 0.15) is 50.5 Å². The van der Waals surface area contributed by atoms with Crippen molar-refractivity contribution in [2.24, 2.45) is 0 Å². The number of amides is 3. The molecule has 0 saturated carbocycles. The highest BCUT2D eigenvalue weighted by Crippen LogP contribution is 2.27. The third-order valence-electron chi connectivity index (χ3n) is 4.63. The average molecular weight is 352 g/mol. The van der Waals surface area contributed by atoms with E-state index in [2.05, 4.69) is 10.6 Å². The Kier molecular flexibility index (Phi) is 3.12. The number of rotatable bonds is 1. The number of nitrogens with one attached hydrogen (secondary N) is 2. The summed E-state index contributed by atoms with van der Waals surface area (Å²) in [6.07, 6.45) is 0.584. The van der Waals surface area contributed by atoms with E-state index < -0.39 is 22.9 Å². The number of aromatic nitrogens is 1. The monoisotopic (exact) mass is 352 g/mol. The molecule has 0 fully saturated rings. The van der Waals surface area contributed by atoms with Crippen molar-refractivity contribution in [1.29, 1.82) is 0 Å². The van der Waals surface area contributed by atoms with Gasteiger partial charge in [0, 0.05) is 17.2 Å². The topological polar surface area (TPSA) is 123 Å². The largest absolute Gasteiger partial charge is 0.384 e. The zero-order valence-electron chi connectivity index (χ0n) is 14.2. The Hall–Kier alpha value is -3.42. The first-order chi connectivity index (χ1) is 12.2. The summed E-state index contributed by atoms with van der Waals surface area (Å²) < 4.78 is 1.18. The van der Waals surface area contributed by atoms with Crippen molar-refractivity contribution in [2.45, 2.75) is 25.8 Å². The SMILES string of the molecule is CC1(C)Cc2cc(-n3c(N)c4c(cc3=O)C(=O)NC4=O)ccc2C(=O)N1. The molecule has 0 aliphatic carbocycles. The number of nitrogens with zero attached hydrogens (tertiary/aromatic N) is 1. The summed E-state index contributed by atoms with van der Waals surface area (Å²) in [5.41, 5.74) is 6.84. The standard InChI is InChI=1S/C18H16N4O4/c1-18(2)7-8-5-9(3-4-10(8)16(25)21-18)22-12(23)6-11-13(14(22)19)17(26)20-15(11)24/h3-6H,7,19H2,1-2H3,(H,21,25)(H,20,24,26). The maximum atomic E-state index is 12.5. The molecule has 1 aromatic heterocycles. The molecule has 4 N–H and O–H groups in total. The average Bonchev–Trinajstić information content (AvgIpc) is 2.80. The molecule has 2 aliphatic heterocycles. The number of nitrogens with two attached hydrogens (primary N) is 1. The summed E-state index contributed by atoms with van der Waals surface area (Å²) in [5, 5.41) is 5.05. The number of anilines is 1. The van der Waals surface area contributed by atoms with Gasteiger partial charge in [-0.15, -0.1) is 0 Å². The van der Waals surface area contributed by atoms with Crippen LogP contribution in [0.4, 0.5) is 5.82 Å². The molecule has 2 aliphatic rings. The molecule has 0 unspecified atom stereocenters. The summed E-state index contributed by atoms with van der Waals surface area (Å²) in [6, 6.07) is 6.03.